The lowest BCUT2D eigenvalue weighted by Gasteiger charge is -2.14. The minimum absolute atomic E-state index is 0.153. The van der Waals surface area contributed by atoms with Crippen LogP contribution in [0.4, 0.5) is 11.4 Å². The first-order valence-corrected chi connectivity index (χ1v) is 9.33. The monoisotopic (exact) mass is 409 g/mol. The van der Waals surface area contributed by atoms with Gasteiger partial charge in [-0.05, 0) is 42.0 Å². The van der Waals surface area contributed by atoms with Gasteiger partial charge >= 0.3 is 0 Å². The third kappa shape index (κ3) is 4.49. The van der Waals surface area contributed by atoms with Gasteiger partial charge in [0.2, 0.25) is 5.91 Å². The molecule has 0 fully saturated rings. The van der Waals surface area contributed by atoms with Crippen molar-refractivity contribution in [2.24, 2.45) is 0 Å². The molecule has 8 nitrogen and oxygen atoms in total. The van der Waals surface area contributed by atoms with Crippen molar-refractivity contribution in [1.82, 2.24) is 4.90 Å². The number of ether oxygens (including phenoxy) is 2. The standard InChI is InChI=1S/C22H23N3O5/c1-14(26)23-16-6-8-17(9-7-16)24-20-19(15-4-10-18(30-3)11-5-15)21(27)25(22(20)28)12-13-29-2/h4-11,24H,12-13H2,1-3H3,(H,23,26). The molecule has 2 aromatic rings. The Morgan fingerprint density at radius 3 is 2.13 bits per heavy atom. The number of carbonyl (C=O) groups excluding carboxylic acids is 3. The highest BCUT2D eigenvalue weighted by Gasteiger charge is 2.38. The van der Waals surface area contributed by atoms with Gasteiger partial charge in [0.05, 0.1) is 25.8 Å². The van der Waals surface area contributed by atoms with E-state index in [1.165, 1.54) is 14.0 Å². The van der Waals surface area contributed by atoms with E-state index in [1.54, 1.807) is 55.6 Å². The summed E-state index contributed by atoms with van der Waals surface area (Å²) in [4.78, 5) is 38.4. The summed E-state index contributed by atoms with van der Waals surface area (Å²) in [6.45, 7) is 1.82. The molecule has 1 aliphatic heterocycles. The molecular weight excluding hydrogens is 386 g/mol. The minimum Gasteiger partial charge on any atom is -0.497 e. The maximum atomic E-state index is 13.0. The lowest BCUT2D eigenvalue weighted by molar-refractivity contribution is -0.137. The van der Waals surface area contributed by atoms with Crippen LogP contribution in [0.15, 0.2) is 54.2 Å². The number of benzene rings is 2. The van der Waals surface area contributed by atoms with Gasteiger partial charge in [0.25, 0.3) is 11.8 Å². The fourth-order valence-corrected chi connectivity index (χ4v) is 3.09. The fourth-order valence-electron chi connectivity index (χ4n) is 3.09. The van der Waals surface area contributed by atoms with Crippen LogP contribution in [-0.4, -0.2) is 50.0 Å². The molecule has 156 valence electrons. The number of rotatable bonds is 8. The van der Waals surface area contributed by atoms with Gasteiger partial charge in [-0.3, -0.25) is 19.3 Å². The molecule has 0 aliphatic carbocycles. The predicted molar refractivity (Wildman–Crippen MR) is 113 cm³/mol. The van der Waals surface area contributed by atoms with Crippen molar-refractivity contribution < 1.29 is 23.9 Å². The molecule has 30 heavy (non-hydrogen) atoms. The average molecular weight is 409 g/mol. The van der Waals surface area contributed by atoms with E-state index in [9.17, 15) is 14.4 Å². The quantitative estimate of drug-likeness (QED) is 0.651. The van der Waals surface area contributed by atoms with Crippen molar-refractivity contribution >= 4 is 34.7 Å². The van der Waals surface area contributed by atoms with E-state index in [1.807, 2.05) is 0 Å². The van der Waals surface area contributed by atoms with Gasteiger partial charge in [-0.25, -0.2) is 0 Å². The van der Waals surface area contributed by atoms with Gasteiger partial charge in [-0.15, -0.1) is 0 Å². The molecule has 0 saturated heterocycles. The normalized spacial score (nSPS) is 13.6. The largest absolute Gasteiger partial charge is 0.497 e. The summed E-state index contributed by atoms with van der Waals surface area (Å²) in [5, 5.41) is 5.75. The highest BCUT2D eigenvalue weighted by atomic mass is 16.5. The smallest absolute Gasteiger partial charge is 0.278 e. The molecule has 2 N–H and O–H groups in total. The summed E-state index contributed by atoms with van der Waals surface area (Å²) >= 11 is 0. The molecule has 1 heterocycles. The Hall–Kier alpha value is -3.65. The number of nitrogens with one attached hydrogen (secondary N) is 2. The molecule has 3 rings (SSSR count). The van der Waals surface area contributed by atoms with E-state index in [0.717, 1.165) is 4.90 Å². The van der Waals surface area contributed by atoms with Crippen molar-refractivity contribution in [2.45, 2.75) is 6.92 Å². The van der Waals surface area contributed by atoms with Gasteiger partial charge in [0.1, 0.15) is 11.4 Å². The molecule has 0 aromatic heterocycles. The zero-order chi connectivity index (χ0) is 21.7. The number of hydrogen-bond acceptors (Lipinski definition) is 6. The van der Waals surface area contributed by atoms with Crippen molar-refractivity contribution in [3.8, 4) is 5.75 Å². The molecule has 8 heteroatoms. The summed E-state index contributed by atoms with van der Waals surface area (Å²) in [5.41, 5.74) is 2.32. The van der Waals surface area contributed by atoms with Crippen LogP contribution in [-0.2, 0) is 19.1 Å². The van der Waals surface area contributed by atoms with Crippen LogP contribution in [0.3, 0.4) is 0 Å². The summed E-state index contributed by atoms with van der Waals surface area (Å²) in [5.74, 6) is -0.339. The van der Waals surface area contributed by atoms with Gasteiger partial charge in [-0.1, -0.05) is 12.1 Å². The van der Waals surface area contributed by atoms with Gasteiger partial charge < -0.3 is 20.1 Å². The van der Waals surface area contributed by atoms with Crippen LogP contribution in [0.2, 0.25) is 0 Å². The zero-order valence-electron chi connectivity index (χ0n) is 17.0. The van der Waals surface area contributed by atoms with Crippen LogP contribution < -0.4 is 15.4 Å². The van der Waals surface area contributed by atoms with Crippen LogP contribution in [0.25, 0.3) is 5.57 Å². The molecule has 0 atom stereocenters. The maximum Gasteiger partial charge on any atom is 0.278 e. The van der Waals surface area contributed by atoms with E-state index in [2.05, 4.69) is 10.6 Å². The Morgan fingerprint density at radius 1 is 0.933 bits per heavy atom. The molecule has 0 saturated carbocycles. The second-order valence-electron chi connectivity index (χ2n) is 6.62. The number of carbonyl (C=O) groups is 3. The predicted octanol–water partition coefficient (Wildman–Crippen LogP) is 2.49. The molecule has 2 aromatic carbocycles. The molecule has 0 unspecified atom stereocenters. The van der Waals surface area contributed by atoms with Crippen molar-refractivity contribution in [2.75, 3.05) is 38.0 Å². The third-order valence-corrected chi connectivity index (χ3v) is 4.54. The third-order valence-electron chi connectivity index (χ3n) is 4.54. The van der Waals surface area contributed by atoms with Crippen molar-refractivity contribution in [3.05, 3.63) is 59.8 Å². The summed E-state index contributed by atoms with van der Waals surface area (Å²) in [6.07, 6.45) is 0. The van der Waals surface area contributed by atoms with Crippen molar-refractivity contribution in [3.63, 3.8) is 0 Å². The molecule has 0 spiro atoms. The van der Waals surface area contributed by atoms with Crippen LogP contribution >= 0.6 is 0 Å². The number of hydrogen-bond donors (Lipinski definition) is 2. The SMILES string of the molecule is COCCN1C(=O)C(Nc2ccc(NC(C)=O)cc2)=C(c2ccc(OC)cc2)C1=O. The molecule has 0 bridgehead atoms. The maximum absolute atomic E-state index is 13.0. The molecular formula is C22H23N3O5. The second kappa shape index (κ2) is 9.23. The van der Waals surface area contributed by atoms with Crippen molar-refractivity contribution in [1.29, 1.82) is 0 Å². The Morgan fingerprint density at radius 2 is 1.57 bits per heavy atom. The summed E-state index contributed by atoms with van der Waals surface area (Å²) in [6, 6.07) is 13.8. The van der Waals surface area contributed by atoms with E-state index in [4.69, 9.17) is 9.47 Å². The lowest BCUT2D eigenvalue weighted by Crippen LogP contribution is -2.35. The molecule has 1 aliphatic rings. The lowest BCUT2D eigenvalue weighted by atomic mass is 10.0. The van der Waals surface area contributed by atoms with E-state index in [0.29, 0.717) is 22.7 Å². The minimum atomic E-state index is -0.422. The Kier molecular flexibility index (Phi) is 6.48. The number of amides is 3. The van der Waals surface area contributed by atoms with Crippen LogP contribution in [0.1, 0.15) is 12.5 Å². The number of imide groups is 1. The topological polar surface area (TPSA) is 97.0 Å². The summed E-state index contributed by atoms with van der Waals surface area (Å²) < 4.78 is 10.2. The van der Waals surface area contributed by atoms with Gasteiger partial charge in [0.15, 0.2) is 0 Å². The fraction of sp³-hybridized carbons (Fsp3) is 0.227. The van der Waals surface area contributed by atoms with Crippen LogP contribution in [0.5, 0.6) is 5.75 Å². The Labute approximate surface area is 174 Å². The first kappa shape index (κ1) is 21.1. The highest BCUT2D eigenvalue weighted by Crippen LogP contribution is 2.31. The van der Waals surface area contributed by atoms with Crippen LogP contribution in [0, 0.1) is 0 Å². The van der Waals surface area contributed by atoms with Gasteiger partial charge in [-0.2, -0.15) is 0 Å². The Bertz CT molecular complexity index is 981. The zero-order valence-corrected chi connectivity index (χ0v) is 17.0. The average Bonchev–Trinajstić information content (AvgIpc) is 2.97. The number of anilines is 2. The first-order valence-electron chi connectivity index (χ1n) is 9.33. The number of nitrogens with zero attached hydrogens (tertiary/aromatic N) is 1. The van der Waals surface area contributed by atoms with E-state index in [-0.39, 0.29) is 36.2 Å². The van der Waals surface area contributed by atoms with E-state index < -0.39 is 5.91 Å². The highest BCUT2D eigenvalue weighted by molar-refractivity contribution is 6.36. The molecule has 0 radical (unpaired) electrons. The second-order valence-corrected chi connectivity index (χ2v) is 6.62. The Balaban J connectivity index is 1.95. The first-order chi connectivity index (χ1) is 14.4. The summed E-state index contributed by atoms with van der Waals surface area (Å²) in [7, 11) is 3.07. The number of methoxy groups -OCH3 is 2. The molecule has 3 amide bonds. The van der Waals surface area contributed by atoms with E-state index >= 15 is 0 Å². The van der Waals surface area contributed by atoms with Gasteiger partial charge in [0, 0.05) is 25.4 Å².